The minimum atomic E-state index is 0.435. The Morgan fingerprint density at radius 1 is 1.58 bits per heavy atom. The van der Waals surface area contributed by atoms with Crippen LogP contribution < -0.4 is 5.73 Å². The molecule has 3 N–H and O–H groups in total. The first kappa shape index (κ1) is 6.84. The van der Waals surface area contributed by atoms with E-state index < -0.39 is 0 Å². The number of H-pyrrole nitrogens is 1. The molecule has 0 saturated heterocycles. The molecule has 0 aliphatic rings. The lowest BCUT2D eigenvalue weighted by atomic mass is 10.5. The van der Waals surface area contributed by atoms with Gasteiger partial charge in [-0.1, -0.05) is 5.21 Å². The van der Waals surface area contributed by atoms with Crippen molar-refractivity contribution in [3.05, 3.63) is 18.0 Å². The molecule has 0 saturated carbocycles. The van der Waals surface area contributed by atoms with E-state index in [0.717, 1.165) is 11.5 Å². The molecule has 0 aromatic carbocycles. The molecule has 2 heterocycles. The van der Waals surface area contributed by atoms with Gasteiger partial charge in [0.1, 0.15) is 0 Å². The van der Waals surface area contributed by atoms with E-state index in [-0.39, 0.29) is 0 Å². The third-order valence-corrected chi connectivity index (χ3v) is 1.64. The lowest BCUT2D eigenvalue weighted by Gasteiger charge is -1.96. The largest absolute Gasteiger partial charge is 0.381 e. The third kappa shape index (κ3) is 0.849. The van der Waals surface area contributed by atoms with E-state index >= 15 is 0 Å². The predicted molar refractivity (Wildman–Crippen MR) is 42.7 cm³/mol. The number of nitrogen functional groups attached to an aromatic ring is 1. The number of rotatable bonds is 1. The summed E-state index contributed by atoms with van der Waals surface area (Å²) < 4.78 is 1.60. The van der Waals surface area contributed by atoms with E-state index in [2.05, 4.69) is 20.5 Å². The average Bonchev–Trinajstić information content (AvgIpc) is 2.64. The zero-order valence-corrected chi connectivity index (χ0v) is 6.52. The van der Waals surface area contributed by atoms with E-state index in [9.17, 15) is 0 Å². The summed E-state index contributed by atoms with van der Waals surface area (Å²) in [6, 6.07) is 1.79. The molecule has 12 heavy (non-hydrogen) atoms. The average molecular weight is 164 g/mol. The second-order valence-corrected chi connectivity index (χ2v) is 2.41. The Morgan fingerprint density at radius 3 is 2.92 bits per heavy atom. The fraction of sp³-hybridized carbons (Fsp3) is 0.167. The highest BCUT2D eigenvalue weighted by atomic mass is 15.5. The summed E-state index contributed by atoms with van der Waals surface area (Å²) in [7, 11) is 0. The van der Waals surface area contributed by atoms with Gasteiger partial charge in [-0.25, -0.2) is 0 Å². The molecule has 62 valence electrons. The molecule has 2 aromatic rings. The Hall–Kier alpha value is -1.85. The van der Waals surface area contributed by atoms with Crippen molar-refractivity contribution in [2.45, 2.75) is 6.92 Å². The minimum Gasteiger partial charge on any atom is -0.381 e. The van der Waals surface area contributed by atoms with Crippen LogP contribution in [0.15, 0.2) is 12.3 Å². The van der Waals surface area contributed by atoms with Crippen molar-refractivity contribution in [1.82, 2.24) is 25.2 Å². The predicted octanol–water partition coefficient (Wildman–Crippen LogP) is -0.119. The van der Waals surface area contributed by atoms with Gasteiger partial charge in [0.25, 0.3) is 0 Å². The molecule has 0 amide bonds. The molecule has 2 rings (SSSR count). The van der Waals surface area contributed by atoms with Gasteiger partial charge in [-0.2, -0.15) is 9.78 Å². The highest BCUT2D eigenvalue weighted by Crippen LogP contribution is 2.09. The Labute approximate surface area is 68.4 Å². The fourth-order valence-electron chi connectivity index (χ4n) is 0.936. The minimum absolute atomic E-state index is 0.435. The number of nitrogens with one attached hydrogen (secondary N) is 1. The second-order valence-electron chi connectivity index (χ2n) is 2.41. The summed E-state index contributed by atoms with van der Waals surface area (Å²) in [4.78, 5) is 0. The highest BCUT2D eigenvalue weighted by Gasteiger charge is 2.06. The van der Waals surface area contributed by atoms with Crippen molar-refractivity contribution in [1.29, 1.82) is 0 Å². The maximum Gasteiger partial charge on any atom is 0.169 e. The van der Waals surface area contributed by atoms with Crippen molar-refractivity contribution < 1.29 is 0 Å². The topological polar surface area (TPSA) is 85.4 Å². The molecule has 0 bridgehead atoms. The van der Waals surface area contributed by atoms with Crippen LogP contribution in [0.25, 0.3) is 5.82 Å². The molecular formula is C6H8N6. The first-order chi connectivity index (χ1) is 5.79. The molecule has 0 spiro atoms. The van der Waals surface area contributed by atoms with Crippen LogP contribution in [0.4, 0.5) is 5.82 Å². The Bertz CT molecular complexity index is 373. The molecule has 0 fully saturated rings. The molecular weight excluding hydrogens is 156 g/mol. The van der Waals surface area contributed by atoms with E-state index in [0.29, 0.717) is 5.82 Å². The smallest absolute Gasteiger partial charge is 0.169 e. The lowest BCUT2D eigenvalue weighted by molar-refractivity contribution is 0.759. The van der Waals surface area contributed by atoms with E-state index in [4.69, 9.17) is 5.73 Å². The van der Waals surface area contributed by atoms with Crippen LogP contribution in [0, 0.1) is 6.92 Å². The third-order valence-electron chi connectivity index (χ3n) is 1.64. The lowest BCUT2D eigenvalue weighted by Crippen LogP contribution is -1.99. The molecule has 0 unspecified atom stereocenters. The van der Waals surface area contributed by atoms with Crippen molar-refractivity contribution in [2.75, 3.05) is 5.73 Å². The number of hydrogen-bond donors (Lipinski definition) is 2. The first-order valence-electron chi connectivity index (χ1n) is 3.46. The van der Waals surface area contributed by atoms with Gasteiger partial charge in [0.15, 0.2) is 11.6 Å². The maximum absolute atomic E-state index is 5.52. The van der Waals surface area contributed by atoms with E-state index in [1.54, 1.807) is 16.9 Å². The number of anilines is 1. The van der Waals surface area contributed by atoms with Gasteiger partial charge >= 0.3 is 0 Å². The Balaban J connectivity index is 2.55. The number of nitrogens with two attached hydrogens (primary N) is 1. The first-order valence-corrected chi connectivity index (χ1v) is 3.46. The summed E-state index contributed by atoms with van der Waals surface area (Å²) in [5, 5.41) is 14.1. The molecule has 0 radical (unpaired) electrons. The zero-order chi connectivity index (χ0) is 8.55. The van der Waals surface area contributed by atoms with Gasteiger partial charge in [0.05, 0.1) is 11.9 Å². The summed E-state index contributed by atoms with van der Waals surface area (Å²) in [6.45, 7) is 1.84. The monoisotopic (exact) mass is 164 g/mol. The highest BCUT2D eigenvalue weighted by molar-refractivity contribution is 5.36. The summed E-state index contributed by atoms with van der Waals surface area (Å²) in [5.74, 6) is 1.20. The van der Waals surface area contributed by atoms with Crippen LogP contribution in [0.3, 0.4) is 0 Å². The molecule has 6 nitrogen and oxygen atoms in total. The van der Waals surface area contributed by atoms with Gasteiger partial charge in [-0.3, -0.25) is 5.10 Å². The van der Waals surface area contributed by atoms with Crippen LogP contribution in [0.5, 0.6) is 0 Å². The second kappa shape index (κ2) is 2.33. The molecule has 0 aliphatic carbocycles. The van der Waals surface area contributed by atoms with Gasteiger partial charge < -0.3 is 5.73 Å². The van der Waals surface area contributed by atoms with Crippen LogP contribution in [0.1, 0.15) is 5.69 Å². The normalized spacial score (nSPS) is 10.4. The van der Waals surface area contributed by atoms with Crippen LogP contribution >= 0.6 is 0 Å². The van der Waals surface area contributed by atoms with Gasteiger partial charge in [-0.15, -0.1) is 5.10 Å². The summed E-state index contributed by atoms with van der Waals surface area (Å²) >= 11 is 0. The summed E-state index contributed by atoms with van der Waals surface area (Å²) in [6.07, 6.45) is 1.65. The van der Waals surface area contributed by atoms with Crippen molar-refractivity contribution >= 4 is 5.82 Å². The van der Waals surface area contributed by atoms with Gasteiger partial charge in [-0.05, 0) is 6.92 Å². The van der Waals surface area contributed by atoms with Gasteiger partial charge in [0, 0.05) is 6.07 Å². The van der Waals surface area contributed by atoms with Crippen LogP contribution in [-0.4, -0.2) is 25.2 Å². The van der Waals surface area contributed by atoms with Crippen molar-refractivity contribution in [3.63, 3.8) is 0 Å². The Morgan fingerprint density at radius 2 is 2.42 bits per heavy atom. The summed E-state index contributed by atoms with van der Waals surface area (Å²) in [5.41, 5.74) is 6.32. The molecule has 2 aromatic heterocycles. The van der Waals surface area contributed by atoms with E-state index in [1.165, 1.54) is 0 Å². The number of hydrogen-bond acceptors (Lipinski definition) is 4. The molecule has 0 aliphatic heterocycles. The van der Waals surface area contributed by atoms with Gasteiger partial charge in [0.2, 0.25) is 0 Å². The fourth-order valence-corrected chi connectivity index (χ4v) is 0.936. The SMILES string of the molecule is Cc1c(N)nnn1-c1ccn[nH]1. The van der Waals surface area contributed by atoms with Crippen molar-refractivity contribution in [2.24, 2.45) is 0 Å². The quantitative estimate of drug-likeness (QED) is 0.615. The number of aromatic amines is 1. The van der Waals surface area contributed by atoms with Crippen LogP contribution in [0.2, 0.25) is 0 Å². The molecule has 6 heteroatoms. The Kier molecular flexibility index (Phi) is 1.33. The standard InChI is InChI=1S/C6H8N6/c1-4-6(7)10-11-12(4)5-2-3-8-9-5/h2-3H,7H2,1H3,(H,8,9). The van der Waals surface area contributed by atoms with Crippen molar-refractivity contribution in [3.8, 4) is 5.82 Å². The zero-order valence-electron chi connectivity index (χ0n) is 6.52. The van der Waals surface area contributed by atoms with Crippen LogP contribution in [-0.2, 0) is 0 Å². The number of nitrogens with zero attached hydrogens (tertiary/aromatic N) is 4. The van der Waals surface area contributed by atoms with E-state index in [1.807, 2.05) is 6.92 Å². The molecule has 0 atom stereocenters. The maximum atomic E-state index is 5.52. The number of aromatic nitrogens is 5.